The van der Waals surface area contributed by atoms with E-state index in [4.69, 9.17) is 17.3 Å². The molecule has 0 bridgehead atoms. The van der Waals surface area contributed by atoms with Gasteiger partial charge in [-0.3, -0.25) is 19.8 Å². The predicted octanol–water partition coefficient (Wildman–Crippen LogP) is 1.66. The summed E-state index contributed by atoms with van der Waals surface area (Å²) < 4.78 is 1.68. The lowest BCUT2D eigenvalue weighted by atomic mass is 10.1. The van der Waals surface area contributed by atoms with Gasteiger partial charge in [-0.05, 0) is 55.5 Å². The van der Waals surface area contributed by atoms with Crippen molar-refractivity contribution >= 4 is 23.4 Å². The van der Waals surface area contributed by atoms with Crippen LogP contribution in [0.25, 0.3) is 5.69 Å². The van der Waals surface area contributed by atoms with E-state index in [9.17, 15) is 9.59 Å². The number of rotatable bonds is 7. The maximum absolute atomic E-state index is 12.8. The summed E-state index contributed by atoms with van der Waals surface area (Å²) in [4.78, 5) is 31.1. The van der Waals surface area contributed by atoms with Gasteiger partial charge in [-0.1, -0.05) is 24.4 Å². The first-order valence-corrected chi connectivity index (χ1v) is 10.4. The molecule has 2 amide bonds. The van der Waals surface area contributed by atoms with Gasteiger partial charge in [-0.15, -0.1) is 0 Å². The Balaban J connectivity index is 1.44. The molecule has 2 fully saturated rings. The van der Waals surface area contributed by atoms with Gasteiger partial charge >= 0.3 is 0 Å². The molecular formula is C20H25ClN6O2. The summed E-state index contributed by atoms with van der Waals surface area (Å²) in [6.07, 6.45) is 7.59. The third-order valence-electron chi connectivity index (χ3n) is 5.61. The molecule has 1 aromatic carbocycles. The Morgan fingerprint density at radius 1 is 1.31 bits per heavy atom. The van der Waals surface area contributed by atoms with Gasteiger partial charge in [-0.25, -0.2) is 9.67 Å². The van der Waals surface area contributed by atoms with Gasteiger partial charge in [0.15, 0.2) is 0 Å². The monoisotopic (exact) mass is 416 g/mol. The molecule has 0 radical (unpaired) electrons. The first kappa shape index (κ1) is 20.0. The summed E-state index contributed by atoms with van der Waals surface area (Å²) in [5, 5.41) is 7.34. The Hall–Kier alpha value is -2.29. The highest BCUT2D eigenvalue weighted by Gasteiger charge is 2.34. The first-order valence-electron chi connectivity index (χ1n) is 9.99. The maximum Gasteiger partial charge on any atom is 0.243 e. The number of aromatic nitrogens is 3. The smallest absolute Gasteiger partial charge is 0.243 e. The number of nitrogens with one attached hydrogen (secondary N) is 1. The van der Waals surface area contributed by atoms with Crippen LogP contribution in [-0.2, 0) is 16.1 Å². The predicted molar refractivity (Wildman–Crippen MR) is 108 cm³/mol. The molecule has 2 aromatic rings. The first-order chi connectivity index (χ1) is 14.0. The summed E-state index contributed by atoms with van der Waals surface area (Å²) in [5.41, 5.74) is 7.75. The Morgan fingerprint density at radius 3 is 2.86 bits per heavy atom. The van der Waals surface area contributed by atoms with Crippen LogP contribution < -0.4 is 11.1 Å². The number of amides is 2. The number of halogens is 1. The fourth-order valence-electron chi connectivity index (χ4n) is 3.89. The van der Waals surface area contributed by atoms with Crippen LogP contribution in [0.5, 0.6) is 0 Å². The van der Waals surface area contributed by atoms with Crippen molar-refractivity contribution < 1.29 is 9.59 Å². The molecule has 29 heavy (non-hydrogen) atoms. The number of hydrogen-bond donors (Lipinski definition) is 2. The number of nitrogens with zero attached hydrogens (tertiary/aromatic N) is 4. The Labute approximate surface area is 174 Å². The molecule has 8 nitrogen and oxygen atoms in total. The normalized spacial score (nSPS) is 20.6. The van der Waals surface area contributed by atoms with Crippen LogP contribution in [0, 0.1) is 5.92 Å². The van der Waals surface area contributed by atoms with Crippen molar-refractivity contribution in [2.45, 2.75) is 50.7 Å². The number of benzene rings is 1. The Kier molecular flexibility index (Phi) is 5.94. The van der Waals surface area contributed by atoms with Crippen LogP contribution >= 0.6 is 11.6 Å². The van der Waals surface area contributed by atoms with Crippen molar-refractivity contribution in [3.63, 3.8) is 0 Å². The zero-order chi connectivity index (χ0) is 20.4. The van der Waals surface area contributed by atoms with E-state index in [1.54, 1.807) is 17.1 Å². The number of carbonyl (C=O) groups is 2. The quantitative estimate of drug-likeness (QED) is 0.710. The van der Waals surface area contributed by atoms with E-state index >= 15 is 0 Å². The van der Waals surface area contributed by atoms with Gasteiger partial charge < -0.3 is 5.73 Å². The summed E-state index contributed by atoms with van der Waals surface area (Å²) in [7, 11) is 0. The van der Waals surface area contributed by atoms with Crippen molar-refractivity contribution in [2.24, 2.45) is 11.7 Å². The molecule has 2 aliphatic rings. The zero-order valence-corrected chi connectivity index (χ0v) is 16.9. The standard InChI is InChI=1S/C20H25ClN6O2/c21-15-5-6-17(27-12-23-11-24-27)14(9-15)10-26-7-1-2-18(26)20(29)25-19(28)16(22)8-13-3-4-13/h5-6,9,11-13,16,18H,1-4,7-8,10,22H2,(H,25,28,29)/t16-,18+/m1/s1. The third-order valence-corrected chi connectivity index (χ3v) is 5.85. The molecule has 2 atom stereocenters. The van der Waals surface area contributed by atoms with E-state index in [2.05, 4.69) is 20.3 Å². The van der Waals surface area contributed by atoms with Gasteiger partial charge in [0.2, 0.25) is 11.8 Å². The van der Waals surface area contributed by atoms with E-state index in [-0.39, 0.29) is 17.9 Å². The summed E-state index contributed by atoms with van der Waals surface area (Å²) in [6, 6.07) is 4.58. The van der Waals surface area contributed by atoms with Gasteiger partial charge in [0, 0.05) is 11.6 Å². The molecule has 9 heteroatoms. The summed E-state index contributed by atoms with van der Waals surface area (Å²) in [5.74, 6) is -0.116. The van der Waals surface area contributed by atoms with E-state index in [1.807, 2.05) is 12.1 Å². The minimum absolute atomic E-state index is 0.275. The van der Waals surface area contributed by atoms with Crippen molar-refractivity contribution in [3.05, 3.63) is 41.4 Å². The topological polar surface area (TPSA) is 106 Å². The fourth-order valence-corrected chi connectivity index (χ4v) is 4.08. The van der Waals surface area contributed by atoms with Crippen molar-refractivity contribution in [3.8, 4) is 5.69 Å². The molecule has 1 aliphatic heterocycles. The van der Waals surface area contributed by atoms with Gasteiger partial charge in [0.1, 0.15) is 12.7 Å². The van der Waals surface area contributed by atoms with E-state index < -0.39 is 6.04 Å². The van der Waals surface area contributed by atoms with Gasteiger partial charge in [0.05, 0.1) is 17.8 Å². The number of carbonyl (C=O) groups excluding carboxylic acids is 2. The molecule has 1 saturated heterocycles. The average molecular weight is 417 g/mol. The lowest BCUT2D eigenvalue weighted by molar-refractivity contribution is -0.134. The minimum Gasteiger partial charge on any atom is -0.320 e. The lowest BCUT2D eigenvalue weighted by Crippen LogP contribution is -2.50. The van der Waals surface area contributed by atoms with Gasteiger partial charge in [-0.2, -0.15) is 5.10 Å². The number of imide groups is 1. The Bertz CT molecular complexity index is 883. The van der Waals surface area contributed by atoms with Crippen LogP contribution in [0.4, 0.5) is 0 Å². The molecule has 2 heterocycles. The van der Waals surface area contributed by atoms with Crippen LogP contribution in [0.3, 0.4) is 0 Å². The van der Waals surface area contributed by atoms with Crippen LogP contribution in [0.2, 0.25) is 5.02 Å². The summed E-state index contributed by atoms with van der Waals surface area (Å²) >= 11 is 6.21. The second-order valence-corrected chi connectivity index (χ2v) is 8.32. The minimum atomic E-state index is -0.617. The highest BCUT2D eigenvalue weighted by molar-refractivity contribution is 6.30. The van der Waals surface area contributed by atoms with Crippen LogP contribution in [0.15, 0.2) is 30.9 Å². The Morgan fingerprint density at radius 2 is 2.14 bits per heavy atom. The van der Waals surface area contributed by atoms with Crippen molar-refractivity contribution in [2.75, 3.05) is 6.54 Å². The maximum atomic E-state index is 12.8. The highest BCUT2D eigenvalue weighted by Crippen LogP contribution is 2.33. The highest BCUT2D eigenvalue weighted by atomic mass is 35.5. The molecule has 1 aromatic heterocycles. The largest absolute Gasteiger partial charge is 0.320 e. The zero-order valence-electron chi connectivity index (χ0n) is 16.1. The van der Waals surface area contributed by atoms with E-state index in [1.165, 1.54) is 6.33 Å². The van der Waals surface area contributed by atoms with Gasteiger partial charge in [0.25, 0.3) is 0 Å². The fraction of sp³-hybridized carbons (Fsp3) is 0.500. The number of likely N-dealkylation sites (tertiary alicyclic amines) is 1. The van der Waals surface area contributed by atoms with Crippen LogP contribution in [0.1, 0.15) is 37.7 Å². The second-order valence-electron chi connectivity index (χ2n) is 7.88. The van der Waals surface area contributed by atoms with Crippen LogP contribution in [-0.4, -0.2) is 50.1 Å². The molecular weight excluding hydrogens is 392 g/mol. The third kappa shape index (κ3) is 4.83. The SMILES string of the molecule is N[C@H](CC1CC1)C(=O)NC(=O)[C@@H]1CCCN1Cc1cc(Cl)ccc1-n1cncn1. The molecule has 0 unspecified atom stereocenters. The molecule has 154 valence electrons. The molecule has 0 spiro atoms. The number of nitrogens with two attached hydrogens (primary N) is 1. The van der Waals surface area contributed by atoms with E-state index in [0.717, 1.165) is 37.1 Å². The second kappa shape index (κ2) is 8.61. The lowest BCUT2D eigenvalue weighted by Gasteiger charge is -2.25. The summed E-state index contributed by atoms with van der Waals surface area (Å²) in [6.45, 7) is 1.29. The van der Waals surface area contributed by atoms with Crippen molar-refractivity contribution in [1.82, 2.24) is 25.0 Å². The number of hydrogen-bond acceptors (Lipinski definition) is 6. The van der Waals surface area contributed by atoms with E-state index in [0.29, 0.717) is 30.3 Å². The molecule has 4 rings (SSSR count). The molecule has 1 aliphatic carbocycles. The van der Waals surface area contributed by atoms with Crippen molar-refractivity contribution in [1.29, 1.82) is 0 Å². The average Bonchev–Trinajstić information content (AvgIpc) is 3.16. The molecule has 3 N–H and O–H groups in total. The molecule has 1 saturated carbocycles.